The Morgan fingerprint density at radius 2 is 1.70 bits per heavy atom. The van der Waals surface area contributed by atoms with Gasteiger partial charge in [-0.25, -0.2) is 0 Å². The average molecular weight is 468 g/mol. The van der Waals surface area contributed by atoms with Gasteiger partial charge in [0, 0.05) is 27.7 Å². The molecule has 0 aliphatic heterocycles. The van der Waals surface area contributed by atoms with Crippen LogP contribution >= 0.6 is 34.8 Å². The minimum atomic E-state index is -0.640. The van der Waals surface area contributed by atoms with Crippen LogP contribution in [0.5, 0.6) is 0 Å². The fraction of sp³-hybridized carbons (Fsp3) is 0.391. The fourth-order valence-corrected chi connectivity index (χ4v) is 4.50. The van der Waals surface area contributed by atoms with E-state index in [9.17, 15) is 9.59 Å². The van der Waals surface area contributed by atoms with E-state index in [1.54, 1.807) is 42.2 Å². The molecule has 4 nitrogen and oxygen atoms in total. The number of benzene rings is 2. The van der Waals surface area contributed by atoms with Gasteiger partial charge >= 0.3 is 0 Å². The van der Waals surface area contributed by atoms with Crippen LogP contribution in [0.25, 0.3) is 0 Å². The smallest absolute Gasteiger partial charge is 0.242 e. The maximum absolute atomic E-state index is 13.3. The Balaban J connectivity index is 1.82. The van der Waals surface area contributed by atoms with Gasteiger partial charge in [-0.2, -0.15) is 0 Å². The van der Waals surface area contributed by atoms with Crippen LogP contribution in [0.2, 0.25) is 15.1 Å². The first-order valence-corrected chi connectivity index (χ1v) is 11.3. The number of nitrogens with one attached hydrogen (secondary N) is 1. The number of nitrogens with zero attached hydrogens (tertiary/aromatic N) is 1. The Kier molecular flexibility index (Phi) is 8.04. The fourth-order valence-electron chi connectivity index (χ4n) is 3.76. The van der Waals surface area contributed by atoms with Crippen LogP contribution in [-0.2, 0) is 22.6 Å². The molecule has 2 amide bonds. The van der Waals surface area contributed by atoms with E-state index in [-0.39, 0.29) is 30.8 Å². The lowest BCUT2D eigenvalue weighted by Crippen LogP contribution is -2.50. The first kappa shape index (κ1) is 22.9. The van der Waals surface area contributed by atoms with E-state index < -0.39 is 6.04 Å². The Hall–Kier alpha value is -1.75. The highest BCUT2D eigenvalue weighted by molar-refractivity contribution is 6.36. The Bertz CT molecular complexity index is 893. The van der Waals surface area contributed by atoms with Gasteiger partial charge in [0.1, 0.15) is 6.04 Å². The van der Waals surface area contributed by atoms with Crippen molar-refractivity contribution in [2.45, 2.75) is 57.7 Å². The van der Waals surface area contributed by atoms with Crippen molar-refractivity contribution in [1.82, 2.24) is 10.2 Å². The molecule has 1 aliphatic carbocycles. The SMILES string of the molecule is C[C@H](C(=O)NC1CCCC1)N(Cc1cccc(Cl)c1)C(=O)Cc1c(Cl)cccc1Cl. The van der Waals surface area contributed by atoms with Crippen LogP contribution in [0, 0.1) is 0 Å². The van der Waals surface area contributed by atoms with Crippen molar-refractivity contribution < 1.29 is 9.59 Å². The minimum Gasteiger partial charge on any atom is -0.352 e. The molecule has 0 bridgehead atoms. The van der Waals surface area contributed by atoms with Gasteiger partial charge in [-0.3, -0.25) is 9.59 Å². The van der Waals surface area contributed by atoms with Gasteiger partial charge in [0.05, 0.1) is 6.42 Å². The third kappa shape index (κ3) is 5.90. The Morgan fingerprint density at radius 3 is 2.33 bits per heavy atom. The van der Waals surface area contributed by atoms with Crippen LogP contribution in [0.15, 0.2) is 42.5 Å². The van der Waals surface area contributed by atoms with Crippen LogP contribution < -0.4 is 5.32 Å². The first-order valence-electron chi connectivity index (χ1n) is 10.1. The van der Waals surface area contributed by atoms with Crippen molar-refractivity contribution in [2.24, 2.45) is 0 Å². The standard InChI is InChI=1S/C23H25Cl3N2O2/c1-15(23(30)27-18-8-2-3-9-18)28(14-16-6-4-7-17(24)12-16)22(29)13-19-20(25)10-5-11-21(19)26/h4-7,10-12,15,18H,2-3,8-9,13-14H2,1H3,(H,27,30)/t15-/m1/s1. The van der Waals surface area contributed by atoms with Crippen molar-refractivity contribution >= 4 is 46.6 Å². The highest BCUT2D eigenvalue weighted by Gasteiger charge is 2.29. The molecule has 160 valence electrons. The second kappa shape index (κ2) is 10.5. The molecular weight excluding hydrogens is 443 g/mol. The lowest BCUT2D eigenvalue weighted by atomic mass is 10.1. The third-order valence-electron chi connectivity index (χ3n) is 5.50. The molecular formula is C23H25Cl3N2O2. The zero-order valence-electron chi connectivity index (χ0n) is 16.8. The molecule has 3 rings (SSSR count). The molecule has 30 heavy (non-hydrogen) atoms. The summed E-state index contributed by atoms with van der Waals surface area (Å²) < 4.78 is 0. The van der Waals surface area contributed by atoms with E-state index in [2.05, 4.69) is 5.32 Å². The molecule has 0 spiro atoms. The average Bonchev–Trinajstić information content (AvgIpc) is 3.21. The Morgan fingerprint density at radius 1 is 1.07 bits per heavy atom. The van der Waals surface area contributed by atoms with Crippen LogP contribution in [0.3, 0.4) is 0 Å². The maximum Gasteiger partial charge on any atom is 0.242 e. The molecule has 0 radical (unpaired) electrons. The zero-order valence-corrected chi connectivity index (χ0v) is 19.1. The van der Waals surface area contributed by atoms with Gasteiger partial charge in [-0.05, 0) is 55.2 Å². The normalized spacial score (nSPS) is 15.1. The molecule has 1 fully saturated rings. The number of hydrogen-bond acceptors (Lipinski definition) is 2. The van der Waals surface area contributed by atoms with E-state index >= 15 is 0 Å². The second-order valence-corrected chi connectivity index (χ2v) is 8.95. The van der Waals surface area contributed by atoms with Crippen molar-refractivity contribution in [3.05, 3.63) is 68.7 Å². The summed E-state index contributed by atoms with van der Waals surface area (Å²) in [6.07, 6.45) is 4.22. The van der Waals surface area contributed by atoms with Gasteiger partial charge < -0.3 is 10.2 Å². The van der Waals surface area contributed by atoms with E-state index in [1.807, 2.05) is 12.1 Å². The number of amides is 2. The topological polar surface area (TPSA) is 49.4 Å². The molecule has 1 atom stereocenters. The Labute approximate surface area is 192 Å². The summed E-state index contributed by atoms with van der Waals surface area (Å²) in [6, 6.07) is 12.0. The summed E-state index contributed by atoms with van der Waals surface area (Å²) >= 11 is 18.6. The van der Waals surface area contributed by atoms with Crippen LogP contribution in [-0.4, -0.2) is 28.8 Å². The quantitative estimate of drug-likeness (QED) is 0.571. The lowest BCUT2D eigenvalue weighted by molar-refractivity contribution is -0.140. The highest BCUT2D eigenvalue weighted by atomic mass is 35.5. The van der Waals surface area contributed by atoms with E-state index in [4.69, 9.17) is 34.8 Å². The molecule has 1 aliphatic rings. The van der Waals surface area contributed by atoms with Gasteiger partial charge in [0.15, 0.2) is 0 Å². The van der Waals surface area contributed by atoms with Crippen molar-refractivity contribution in [3.8, 4) is 0 Å². The van der Waals surface area contributed by atoms with E-state index in [0.29, 0.717) is 20.6 Å². The van der Waals surface area contributed by atoms with Gasteiger partial charge in [-0.15, -0.1) is 0 Å². The summed E-state index contributed by atoms with van der Waals surface area (Å²) in [5.41, 5.74) is 1.41. The molecule has 0 aromatic heterocycles. The zero-order chi connectivity index (χ0) is 21.7. The molecule has 2 aromatic rings. The molecule has 1 N–H and O–H groups in total. The van der Waals surface area contributed by atoms with E-state index in [0.717, 1.165) is 31.2 Å². The summed E-state index contributed by atoms with van der Waals surface area (Å²) in [6.45, 7) is 2.02. The molecule has 0 unspecified atom stereocenters. The summed E-state index contributed by atoms with van der Waals surface area (Å²) in [5.74, 6) is -0.374. The number of rotatable bonds is 7. The largest absolute Gasteiger partial charge is 0.352 e. The summed E-state index contributed by atoms with van der Waals surface area (Å²) in [5, 5.41) is 4.53. The van der Waals surface area contributed by atoms with Crippen LogP contribution in [0.4, 0.5) is 0 Å². The predicted molar refractivity (Wildman–Crippen MR) is 122 cm³/mol. The molecule has 2 aromatic carbocycles. The van der Waals surface area contributed by atoms with Gasteiger partial charge in [0.2, 0.25) is 11.8 Å². The minimum absolute atomic E-state index is 0.0140. The van der Waals surface area contributed by atoms with Crippen molar-refractivity contribution in [1.29, 1.82) is 0 Å². The van der Waals surface area contributed by atoms with Crippen molar-refractivity contribution in [2.75, 3.05) is 0 Å². The summed E-state index contributed by atoms with van der Waals surface area (Å²) in [4.78, 5) is 27.8. The van der Waals surface area contributed by atoms with E-state index in [1.165, 1.54) is 0 Å². The molecule has 0 saturated heterocycles. The third-order valence-corrected chi connectivity index (χ3v) is 6.44. The number of halogens is 3. The molecule has 1 saturated carbocycles. The van der Waals surface area contributed by atoms with Gasteiger partial charge in [0.25, 0.3) is 0 Å². The number of hydrogen-bond donors (Lipinski definition) is 1. The second-order valence-electron chi connectivity index (χ2n) is 7.69. The molecule has 7 heteroatoms. The van der Waals surface area contributed by atoms with Gasteiger partial charge in [-0.1, -0.05) is 65.8 Å². The lowest BCUT2D eigenvalue weighted by Gasteiger charge is -2.30. The predicted octanol–water partition coefficient (Wildman–Crippen LogP) is 5.67. The maximum atomic E-state index is 13.3. The number of carbonyl (C=O) groups is 2. The first-order chi connectivity index (χ1) is 14.3. The van der Waals surface area contributed by atoms with Crippen molar-refractivity contribution in [3.63, 3.8) is 0 Å². The molecule has 0 heterocycles. The highest BCUT2D eigenvalue weighted by Crippen LogP contribution is 2.26. The number of carbonyl (C=O) groups excluding carboxylic acids is 2. The summed E-state index contributed by atoms with van der Waals surface area (Å²) in [7, 11) is 0. The monoisotopic (exact) mass is 466 g/mol. The van der Waals surface area contributed by atoms with Crippen LogP contribution in [0.1, 0.15) is 43.7 Å².